The molecule has 0 radical (unpaired) electrons. The molecule has 16 heavy (non-hydrogen) atoms. The number of unbranched alkanes of at least 4 members (excludes halogenated alkanes) is 6. The highest BCUT2D eigenvalue weighted by Gasteiger charge is 2.30. The van der Waals surface area contributed by atoms with E-state index >= 15 is 0 Å². The van der Waals surface area contributed by atoms with E-state index in [1.165, 1.54) is 57.8 Å². The maximum absolute atomic E-state index is 10.2. The molecular weight excluding hydrogens is 196 g/mol. The van der Waals surface area contributed by atoms with Gasteiger partial charge in [0, 0.05) is 0 Å². The number of aliphatic hydroxyl groups is 1. The Balaban J connectivity index is 1.88. The van der Waals surface area contributed by atoms with Crippen LogP contribution in [0.3, 0.4) is 0 Å². The summed E-state index contributed by atoms with van der Waals surface area (Å²) in [6, 6.07) is 0. The largest absolute Gasteiger partial charge is 0.390 e. The molecule has 0 aromatic rings. The average Bonchev–Trinajstić information content (AvgIpc) is 2.99. The molecule has 0 saturated heterocycles. The molecule has 0 heterocycles. The second-order valence-corrected chi connectivity index (χ2v) is 6.02. The molecule has 1 heteroatoms. The average molecular weight is 226 g/mol. The van der Waals surface area contributed by atoms with Crippen LogP contribution >= 0.6 is 0 Å². The van der Waals surface area contributed by atoms with Gasteiger partial charge in [0.2, 0.25) is 0 Å². The molecule has 96 valence electrons. The number of rotatable bonds is 10. The fourth-order valence-corrected chi connectivity index (χ4v) is 2.51. The molecule has 0 bridgehead atoms. The molecule has 0 aliphatic heterocycles. The molecule has 1 unspecified atom stereocenters. The Kier molecular flexibility index (Phi) is 6.41. The third kappa shape index (κ3) is 7.27. The van der Waals surface area contributed by atoms with E-state index in [0.29, 0.717) is 0 Å². The molecule has 1 N–H and O–H groups in total. The molecule has 0 amide bonds. The predicted octanol–water partition coefficient (Wildman–Crippen LogP) is 4.68. The first-order valence-corrected chi connectivity index (χ1v) is 7.36. The minimum atomic E-state index is -0.370. The topological polar surface area (TPSA) is 20.2 Å². The first-order chi connectivity index (χ1) is 7.64. The number of hydrogen-bond donors (Lipinski definition) is 1. The Labute approximate surface area is 102 Å². The van der Waals surface area contributed by atoms with Crippen LogP contribution in [0.5, 0.6) is 0 Å². The fraction of sp³-hybridized carbons (Fsp3) is 1.00. The Morgan fingerprint density at radius 1 is 1.00 bits per heavy atom. The lowest BCUT2D eigenvalue weighted by Crippen LogP contribution is -2.24. The van der Waals surface area contributed by atoms with E-state index in [9.17, 15) is 5.11 Å². The molecule has 1 fully saturated rings. The minimum Gasteiger partial charge on any atom is -0.390 e. The summed E-state index contributed by atoms with van der Waals surface area (Å²) in [4.78, 5) is 0. The van der Waals surface area contributed by atoms with Gasteiger partial charge >= 0.3 is 0 Å². The molecule has 1 saturated carbocycles. The van der Waals surface area contributed by atoms with Crippen LogP contribution in [0.2, 0.25) is 0 Å². The highest BCUT2D eigenvalue weighted by molar-refractivity contribution is 4.83. The summed E-state index contributed by atoms with van der Waals surface area (Å²) < 4.78 is 0. The van der Waals surface area contributed by atoms with Crippen LogP contribution in [-0.4, -0.2) is 10.7 Å². The van der Waals surface area contributed by atoms with E-state index in [4.69, 9.17) is 0 Å². The predicted molar refractivity (Wildman–Crippen MR) is 70.6 cm³/mol. The van der Waals surface area contributed by atoms with Crippen molar-refractivity contribution in [2.24, 2.45) is 5.92 Å². The van der Waals surface area contributed by atoms with Crippen molar-refractivity contribution < 1.29 is 5.11 Å². The van der Waals surface area contributed by atoms with Crippen LogP contribution in [0.25, 0.3) is 0 Å². The summed E-state index contributed by atoms with van der Waals surface area (Å²) in [5.74, 6) is 0.847. The van der Waals surface area contributed by atoms with Gasteiger partial charge in [0.15, 0.2) is 0 Å². The van der Waals surface area contributed by atoms with Crippen LogP contribution in [0.15, 0.2) is 0 Å². The van der Waals surface area contributed by atoms with Crippen LogP contribution in [0, 0.1) is 5.92 Å². The second-order valence-electron chi connectivity index (χ2n) is 6.02. The van der Waals surface area contributed by atoms with Crippen LogP contribution in [-0.2, 0) is 0 Å². The summed E-state index contributed by atoms with van der Waals surface area (Å²) in [5, 5.41) is 10.2. The summed E-state index contributed by atoms with van der Waals surface area (Å²) >= 11 is 0. The zero-order valence-corrected chi connectivity index (χ0v) is 11.3. The summed E-state index contributed by atoms with van der Waals surface area (Å²) in [5.41, 5.74) is -0.370. The van der Waals surface area contributed by atoms with Crippen molar-refractivity contribution in [3.05, 3.63) is 0 Å². The fourth-order valence-electron chi connectivity index (χ4n) is 2.51. The van der Waals surface area contributed by atoms with Gasteiger partial charge in [0.05, 0.1) is 5.60 Å². The SMILES string of the molecule is CCCCCCCCCC(C)(O)CC1CC1. The third-order valence-electron chi connectivity index (χ3n) is 3.74. The molecule has 0 spiro atoms. The maximum Gasteiger partial charge on any atom is 0.0622 e. The van der Waals surface area contributed by atoms with Crippen molar-refractivity contribution in [2.75, 3.05) is 0 Å². The second kappa shape index (κ2) is 7.32. The lowest BCUT2D eigenvalue weighted by Gasteiger charge is -2.23. The van der Waals surface area contributed by atoms with Gasteiger partial charge in [0.25, 0.3) is 0 Å². The summed E-state index contributed by atoms with van der Waals surface area (Å²) in [7, 11) is 0. The number of hydrogen-bond acceptors (Lipinski definition) is 1. The van der Waals surface area contributed by atoms with E-state index in [-0.39, 0.29) is 5.60 Å². The van der Waals surface area contributed by atoms with E-state index < -0.39 is 0 Å². The van der Waals surface area contributed by atoms with Gasteiger partial charge in [-0.3, -0.25) is 0 Å². The first-order valence-electron chi connectivity index (χ1n) is 7.36. The summed E-state index contributed by atoms with van der Waals surface area (Å²) in [6.45, 7) is 4.29. The Morgan fingerprint density at radius 3 is 2.12 bits per heavy atom. The van der Waals surface area contributed by atoms with Gasteiger partial charge in [-0.25, -0.2) is 0 Å². The molecule has 1 atom stereocenters. The monoisotopic (exact) mass is 226 g/mol. The minimum absolute atomic E-state index is 0.370. The van der Waals surface area contributed by atoms with Gasteiger partial charge in [-0.2, -0.15) is 0 Å². The van der Waals surface area contributed by atoms with Gasteiger partial charge in [0.1, 0.15) is 0 Å². The van der Waals surface area contributed by atoms with Gasteiger partial charge in [-0.15, -0.1) is 0 Å². The molecular formula is C15H30O. The lowest BCUT2D eigenvalue weighted by atomic mass is 9.92. The third-order valence-corrected chi connectivity index (χ3v) is 3.74. The molecule has 0 aromatic heterocycles. The quantitative estimate of drug-likeness (QED) is 0.536. The van der Waals surface area contributed by atoms with Crippen molar-refractivity contribution in [2.45, 2.75) is 90.1 Å². The van der Waals surface area contributed by atoms with Gasteiger partial charge in [-0.05, 0) is 25.7 Å². The summed E-state index contributed by atoms with van der Waals surface area (Å²) in [6.07, 6.45) is 14.2. The molecule has 0 aromatic carbocycles. The molecule has 1 aliphatic carbocycles. The normalized spacial score (nSPS) is 19.7. The van der Waals surface area contributed by atoms with E-state index in [2.05, 4.69) is 6.92 Å². The first kappa shape index (κ1) is 14.0. The lowest BCUT2D eigenvalue weighted by molar-refractivity contribution is 0.0337. The zero-order valence-electron chi connectivity index (χ0n) is 11.3. The van der Waals surface area contributed by atoms with Crippen molar-refractivity contribution in [3.8, 4) is 0 Å². The van der Waals surface area contributed by atoms with Crippen LogP contribution in [0.4, 0.5) is 0 Å². The smallest absolute Gasteiger partial charge is 0.0622 e. The van der Waals surface area contributed by atoms with Crippen molar-refractivity contribution in [1.82, 2.24) is 0 Å². The van der Waals surface area contributed by atoms with E-state index in [1.807, 2.05) is 6.92 Å². The van der Waals surface area contributed by atoms with Crippen molar-refractivity contribution in [1.29, 1.82) is 0 Å². The highest BCUT2D eigenvalue weighted by atomic mass is 16.3. The Morgan fingerprint density at radius 2 is 1.56 bits per heavy atom. The van der Waals surface area contributed by atoms with Gasteiger partial charge < -0.3 is 5.11 Å². The Bertz CT molecular complexity index is 170. The van der Waals surface area contributed by atoms with E-state index in [1.54, 1.807) is 0 Å². The molecule has 1 rings (SSSR count). The van der Waals surface area contributed by atoms with Gasteiger partial charge in [-0.1, -0.05) is 64.7 Å². The highest BCUT2D eigenvalue weighted by Crippen LogP contribution is 2.38. The standard InChI is InChI=1S/C15H30O/c1-3-4-5-6-7-8-9-12-15(2,16)13-14-10-11-14/h14,16H,3-13H2,1-2H3. The maximum atomic E-state index is 10.2. The molecule has 1 nitrogen and oxygen atoms in total. The van der Waals surface area contributed by atoms with Crippen LogP contribution in [0.1, 0.15) is 84.5 Å². The molecule has 1 aliphatic rings. The van der Waals surface area contributed by atoms with Crippen molar-refractivity contribution >= 4 is 0 Å². The van der Waals surface area contributed by atoms with Crippen molar-refractivity contribution in [3.63, 3.8) is 0 Å². The zero-order chi connectivity index (χ0) is 11.9. The Hall–Kier alpha value is -0.0400. The van der Waals surface area contributed by atoms with E-state index in [0.717, 1.165) is 18.8 Å². The van der Waals surface area contributed by atoms with Crippen LogP contribution < -0.4 is 0 Å².